The van der Waals surface area contributed by atoms with Crippen LogP contribution in [0.1, 0.15) is 31.8 Å². The number of carboxylic acid groups (broad SMARTS) is 2. The van der Waals surface area contributed by atoms with Crippen molar-refractivity contribution in [3.05, 3.63) is 59.0 Å². The molecule has 0 aliphatic heterocycles. The van der Waals surface area contributed by atoms with Crippen molar-refractivity contribution < 1.29 is 19.8 Å². The van der Waals surface area contributed by atoms with Gasteiger partial charge in [0.15, 0.2) is 5.82 Å². The van der Waals surface area contributed by atoms with E-state index in [4.69, 9.17) is 5.11 Å². The van der Waals surface area contributed by atoms with Crippen LogP contribution in [0.2, 0.25) is 0 Å². The van der Waals surface area contributed by atoms with Crippen LogP contribution in [0.4, 0.5) is 11.5 Å². The minimum Gasteiger partial charge on any atom is -0.478 e. The fraction of sp³-hybridized carbons (Fsp3) is 0.118. The number of carbonyl (C=O) groups is 2. The molecule has 1 aromatic carbocycles. The number of nitrogens with one attached hydrogen (secondary N) is 1. The number of carboxylic acids is 2. The third kappa shape index (κ3) is 2.56. The van der Waals surface area contributed by atoms with E-state index in [0.717, 1.165) is 5.56 Å². The lowest BCUT2D eigenvalue weighted by Gasteiger charge is -2.11. The van der Waals surface area contributed by atoms with Gasteiger partial charge in [-0.2, -0.15) is 0 Å². The Labute approximate surface area is 137 Å². The Bertz CT molecular complexity index is 975. The molecule has 0 amide bonds. The average Bonchev–Trinajstić information content (AvgIpc) is 2.87. The van der Waals surface area contributed by atoms with Crippen LogP contribution in [0.25, 0.3) is 5.52 Å². The largest absolute Gasteiger partial charge is 0.478 e. The van der Waals surface area contributed by atoms with Crippen LogP contribution in [-0.4, -0.2) is 31.5 Å². The molecule has 0 fully saturated rings. The molecule has 0 aliphatic rings. The number of rotatable bonds is 4. The van der Waals surface area contributed by atoms with Gasteiger partial charge in [0.1, 0.15) is 0 Å². The van der Waals surface area contributed by atoms with E-state index in [0.29, 0.717) is 22.6 Å². The van der Waals surface area contributed by atoms with Crippen molar-refractivity contribution in [3.8, 4) is 0 Å². The highest BCUT2D eigenvalue weighted by atomic mass is 16.4. The van der Waals surface area contributed by atoms with E-state index in [2.05, 4.69) is 10.3 Å². The predicted octanol–water partition coefficient (Wildman–Crippen LogP) is 3.09. The van der Waals surface area contributed by atoms with Crippen molar-refractivity contribution in [2.24, 2.45) is 0 Å². The zero-order valence-corrected chi connectivity index (χ0v) is 13.1. The fourth-order valence-corrected chi connectivity index (χ4v) is 2.60. The summed E-state index contributed by atoms with van der Waals surface area (Å²) in [5, 5.41) is 21.5. The Morgan fingerprint density at radius 1 is 1.17 bits per heavy atom. The highest BCUT2D eigenvalue weighted by Crippen LogP contribution is 2.28. The predicted molar refractivity (Wildman–Crippen MR) is 88.3 cm³/mol. The minimum absolute atomic E-state index is 0.161. The van der Waals surface area contributed by atoms with E-state index in [1.54, 1.807) is 29.8 Å². The average molecular weight is 325 g/mol. The molecule has 122 valence electrons. The molecule has 7 nitrogen and oxygen atoms in total. The molecular weight excluding hydrogens is 310 g/mol. The van der Waals surface area contributed by atoms with Gasteiger partial charge in [0.2, 0.25) is 0 Å². The molecular formula is C17H15N3O4. The van der Waals surface area contributed by atoms with Crippen LogP contribution in [0.5, 0.6) is 0 Å². The van der Waals surface area contributed by atoms with E-state index in [1.807, 2.05) is 6.92 Å². The van der Waals surface area contributed by atoms with Gasteiger partial charge in [-0.1, -0.05) is 6.07 Å². The molecule has 24 heavy (non-hydrogen) atoms. The molecule has 7 heteroatoms. The number of fused-ring (bicyclic) bond motifs is 1. The minimum atomic E-state index is -1.02. The molecule has 0 unspecified atom stereocenters. The lowest BCUT2D eigenvalue weighted by Crippen LogP contribution is -2.02. The monoisotopic (exact) mass is 325 g/mol. The molecule has 3 aromatic rings. The number of aromatic nitrogens is 2. The van der Waals surface area contributed by atoms with Crippen LogP contribution in [-0.2, 0) is 0 Å². The highest BCUT2D eigenvalue weighted by molar-refractivity contribution is 5.95. The Morgan fingerprint density at radius 3 is 2.58 bits per heavy atom. The first-order chi connectivity index (χ1) is 11.4. The van der Waals surface area contributed by atoms with Crippen molar-refractivity contribution >= 4 is 29.0 Å². The smallest absolute Gasteiger partial charge is 0.337 e. The summed E-state index contributed by atoms with van der Waals surface area (Å²) >= 11 is 0. The van der Waals surface area contributed by atoms with Crippen molar-refractivity contribution in [1.29, 1.82) is 0 Å². The van der Waals surface area contributed by atoms with Gasteiger partial charge in [-0.25, -0.2) is 14.6 Å². The standard InChI is InChI=1S/C17H15N3O4/c1-9-3-4-11(16(21)22)7-13(9)19-15-14-10(2)12(17(23)24)8-20(14)6-5-18-15/h3-8H,1-2H3,(H,18,19)(H,21,22)(H,23,24). The highest BCUT2D eigenvalue weighted by Gasteiger charge is 2.17. The molecule has 2 heterocycles. The Balaban J connectivity index is 2.13. The molecule has 0 aliphatic carbocycles. The van der Waals surface area contributed by atoms with Crippen LogP contribution in [0.3, 0.4) is 0 Å². The van der Waals surface area contributed by atoms with Gasteiger partial charge in [-0.15, -0.1) is 0 Å². The summed E-state index contributed by atoms with van der Waals surface area (Å²) in [7, 11) is 0. The SMILES string of the molecule is Cc1ccc(C(=O)O)cc1Nc1nccn2cc(C(=O)O)c(C)c12. The van der Waals surface area contributed by atoms with E-state index >= 15 is 0 Å². The van der Waals surface area contributed by atoms with Gasteiger partial charge < -0.3 is 19.9 Å². The summed E-state index contributed by atoms with van der Waals surface area (Å²) in [4.78, 5) is 26.7. The molecule has 0 atom stereocenters. The first-order valence-corrected chi connectivity index (χ1v) is 7.19. The normalized spacial score (nSPS) is 10.8. The quantitative estimate of drug-likeness (QED) is 0.681. The molecule has 2 aromatic heterocycles. The number of hydrogen-bond acceptors (Lipinski definition) is 4. The first-order valence-electron chi connectivity index (χ1n) is 7.19. The van der Waals surface area contributed by atoms with E-state index in [-0.39, 0.29) is 11.1 Å². The van der Waals surface area contributed by atoms with E-state index < -0.39 is 11.9 Å². The maximum atomic E-state index is 11.3. The second-order valence-electron chi connectivity index (χ2n) is 5.46. The van der Waals surface area contributed by atoms with Gasteiger partial charge in [0.05, 0.1) is 16.6 Å². The summed E-state index contributed by atoms with van der Waals surface area (Å²) in [6.45, 7) is 3.56. The Kier molecular flexibility index (Phi) is 3.69. The van der Waals surface area contributed by atoms with Crippen molar-refractivity contribution in [3.63, 3.8) is 0 Å². The third-order valence-corrected chi connectivity index (χ3v) is 3.91. The maximum Gasteiger partial charge on any atom is 0.337 e. The number of anilines is 2. The number of hydrogen-bond donors (Lipinski definition) is 3. The molecule has 0 saturated carbocycles. The maximum absolute atomic E-state index is 11.3. The topological polar surface area (TPSA) is 104 Å². The number of nitrogens with zero attached hydrogens (tertiary/aromatic N) is 2. The lowest BCUT2D eigenvalue weighted by atomic mass is 10.1. The van der Waals surface area contributed by atoms with E-state index in [1.165, 1.54) is 18.3 Å². The fourth-order valence-electron chi connectivity index (χ4n) is 2.60. The summed E-state index contributed by atoms with van der Waals surface area (Å²) < 4.78 is 1.69. The van der Waals surface area contributed by atoms with Gasteiger partial charge in [0.25, 0.3) is 0 Å². The Morgan fingerprint density at radius 2 is 1.92 bits per heavy atom. The Hall–Kier alpha value is -3.35. The van der Waals surface area contributed by atoms with E-state index in [9.17, 15) is 14.7 Å². The van der Waals surface area contributed by atoms with Crippen molar-refractivity contribution in [2.45, 2.75) is 13.8 Å². The van der Waals surface area contributed by atoms with Gasteiger partial charge in [0, 0.05) is 24.3 Å². The van der Waals surface area contributed by atoms with Crippen LogP contribution in [0, 0.1) is 13.8 Å². The molecule has 3 N–H and O–H groups in total. The van der Waals surface area contributed by atoms with Gasteiger partial charge in [-0.3, -0.25) is 0 Å². The number of aromatic carboxylic acids is 2. The van der Waals surface area contributed by atoms with Crippen LogP contribution >= 0.6 is 0 Å². The van der Waals surface area contributed by atoms with Gasteiger partial charge >= 0.3 is 11.9 Å². The summed E-state index contributed by atoms with van der Waals surface area (Å²) in [6.07, 6.45) is 4.75. The zero-order chi connectivity index (χ0) is 17.4. The van der Waals surface area contributed by atoms with Gasteiger partial charge in [-0.05, 0) is 37.1 Å². The number of aryl methyl sites for hydroxylation is 2. The summed E-state index contributed by atoms with van der Waals surface area (Å²) in [5.74, 6) is -1.56. The molecule has 0 spiro atoms. The second kappa shape index (κ2) is 5.69. The zero-order valence-electron chi connectivity index (χ0n) is 13.1. The first kappa shape index (κ1) is 15.5. The number of benzene rings is 1. The van der Waals surface area contributed by atoms with Crippen LogP contribution in [0.15, 0.2) is 36.8 Å². The summed E-state index contributed by atoms with van der Waals surface area (Å²) in [5.41, 5.74) is 3.04. The lowest BCUT2D eigenvalue weighted by molar-refractivity contribution is 0.0685. The molecule has 0 bridgehead atoms. The van der Waals surface area contributed by atoms with Crippen LogP contribution < -0.4 is 5.32 Å². The third-order valence-electron chi connectivity index (χ3n) is 3.91. The second-order valence-corrected chi connectivity index (χ2v) is 5.46. The summed E-state index contributed by atoms with van der Waals surface area (Å²) in [6, 6.07) is 4.76. The van der Waals surface area contributed by atoms with Crippen molar-refractivity contribution in [2.75, 3.05) is 5.32 Å². The molecule has 0 radical (unpaired) electrons. The van der Waals surface area contributed by atoms with Crippen molar-refractivity contribution in [1.82, 2.24) is 9.38 Å². The molecule has 3 rings (SSSR count). The molecule has 0 saturated heterocycles.